The van der Waals surface area contributed by atoms with Crippen molar-refractivity contribution in [2.24, 2.45) is 0 Å². The number of hydrogen-bond donors (Lipinski definition) is 0. The fraction of sp³-hybridized carbons (Fsp3) is 1.00. The average Bonchev–Trinajstić information content (AvgIpc) is 1.97. The third-order valence-corrected chi connectivity index (χ3v) is 2.48. The molecule has 0 saturated carbocycles. The van der Waals surface area contributed by atoms with Crippen molar-refractivity contribution in [1.29, 1.82) is 0 Å². The minimum atomic E-state index is 0.789. The first-order valence-electron chi connectivity index (χ1n) is 3.54. The number of rotatable bonds is 7. The van der Waals surface area contributed by atoms with E-state index in [0.29, 0.717) is 0 Å². The average molecular weight is 183 g/mol. The van der Waals surface area contributed by atoms with E-state index in [1.807, 2.05) is 11.8 Å². The first-order valence-corrected chi connectivity index (χ1v) is 5.23. The van der Waals surface area contributed by atoms with Gasteiger partial charge in [0.25, 0.3) is 0 Å². The lowest BCUT2D eigenvalue weighted by Crippen LogP contribution is -1.91. The number of thioether (sulfide) groups is 1. The van der Waals surface area contributed by atoms with Gasteiger partial charge in [0.2, 0.25) is 0 Å². The lowest BCUT2D eigenvalue weighted by atomic mass is 10.5. The van der Waals surface area contributed by atoms with Crippen LogP contribution < -0.4 is 0 Å². The molecule has 0 rings (SSSR count). The van der Waals surface area contributed by atoms with Crippen LogP contribution in [0.2, 0.25) is 0 Å². The third kappa shape index (κ3) is 8.60. The molecule has 0 heterocycles. The SMILES string of the molecule is COCCCSCCCCl. The zero-order valence-corrected chi connectivity index (χ0v) is 8.01. The highest BCUT2D eigenvalue weighted by atomic mass is 35.5. The van der Waals surface area contributed by atoms with Crippen LogP contribution in [-0.2, 0) is 4.74 Å². The minimum absolute atomic E-state index is 0.789. The zero-order chi connectivity index (χ0) is 7.66. The molecule has 0 aliphatic carbocycles. The van der Waals surface area contributed by atoms with Gasteiger partial charge >= 0.3 is 0 Å². The minimum Gasteiger partial charge on any atom is -0.385 e. The molecule has 62 valence electrons. The monoisotopic (exact) mass is 182 g/mol. The Kier molecular flexibility index (Phi) is 10.2. The van der Waals surface area contributed by atoms with E-state index in [9.17, 15) is 0 Å². The summed E-state index contributed by atoms with van der Waals surface area (Å²) in [6.07, 6.45) is 2.28. The van der Waals surface area contributed by atoms with Gasteiger partial charge in [-0.15, -0.1) is 11.6 Å². The maximum Gasteiger partial charge on any atom is 0.0470 e. The zero-order valence-electron chi connectivity index (χ0n) is 6.44. The van der Waals surface area contributed by atoms with Crippen LogP contribution in [0.3, 0.4) is 0 Å². The van der Waals surface area contributed by atoms with Gasteiger partial charge in [0, 0.05) is 19.6 Å². The number of methoxy groups -OCH3 is 1. The van der Waals surface area contributed by atoms with Gasteiger partial charge in [-0.3, -0.25) is 0 Å². The predicted octanol–water partition coefficient (Wildman–Crippen LogP) is 2.39. The normalized spacial score (nSPS) is 10.2. The fourth-order valence-corrected chi connectivity index (χ4v) is 1.73. The van der Waals surface area contributed by atoms with E-state index in [1.165, 1.54) is 11.5 Å². The lowest BCUT2D eigenvalue weighted by Gasteiger charge is -1.98. The fourth-order valence-electron chi connectivity index (χ4n) is 0.564. The Hall–Kier alpha value is 0.600. The highest BCUT2D eigenvalue weighted by molar-refractivity contribution is 7.99. The van der Waals surface area contributed by atoms with Crippen molar-refractivity contribution in [3.8, 4) is 0 Å². The number of halogens is 1. The molecule has 0 saturated heterocycles. The van der Waals surface area contributed by atoms with Crippen LogP contribution in [-0.4, -0.2) is 31.1 Å². The maximum absolute atomic E-state index is 5.50. The molecule has 0 aliphatic rings. The highest BCUT2D eigenvalue weighted by Crippen LogP contribution is 2.04. The molecule has 0 aliphatic heterocycles. The van der Waals surface area contributed by atoms with Crippen LogP contribution >= 0.6 is 23.4 Å². The largest absolute Gasteiger partial charge is 0.385 e. The van der Waals surface area contributed by atoms with Gasteiger partial charge in [-0.2, -0.15) is 11.8 Å². The van der Waals surface area contributed by atoms with Crippen LogP contribution in [0.4, 0.5) is 0 Å². The Morgan fingerprint density at radius 3 is 2.60 bits per heavy atom. The van der Waals surface area contributed by atoms with E-state index in [0.717, 1.165) is 25.3 Å². The van der Waals surface area contributed by atoms with Crippen molar-refractivity contribution >= 4 is 23.4 Å². The van der Waals surface area contributed by atoms with Crippen molar-refractivity contribution in [1.82, 2.24) is 0 Å². The quantitative estimate of drug-likeness (QED) is 0.442. The lowest BCUT2D eigenvalue weighted by molar-refractivity contribution is 0.200. The van der Waals surface area contributed by atoms with E-state index >= 15 is 0 Å². The molecule has 1 nitrogen and oxygen atoms in total. The summed E-state index contributed by atoms with van der Waals surface area (Å²) < 4.78 is 4.91. The van der Waals surface area contributed by atoms with E-state index < -0.39 is 0 Å². The van der Waals surface area contributed by atoms with Gasteiger partial charge in [0.1, 0.15) is 0 Å². The van der Waals surface area contributed by atoms with Gasteiger partial charge in [0.05, 0.1) is 0 Å². The molecule has 0 atom stereocenters. The van der Waals surface area contributed by atoms with Crippen LogP contribution in [0, 0.1) is 0 Å². The standard InChI is InChI=1S/C7H15ClOS/c1-9-5-3-7-10-6-2-4-8/h2-7H2,1H3. The molecular weight excluding hydrogens is 168 g/mol. The molecule has 10 heavy (non-hydrogen) atoms. The first-order chi connectivity index (χ1) is 4.91. The smallest absolute Gasteiger partial charge is 0.0470 e. The summed E-state index contributed by atoms with van der Waals surface area (Å²) in [4.78, 5) is 0. The summed E-state index contributed by atoms with van der Waals surface area (Å²) in [5.74, 6) is 3.18. The van der Waals surface area contributed by atoms with Gasteiger partial charge in [0.15, 0.2) is 0 Å². The summed E-state index contributed by atoms with van der Waals surface area (Å²) in [6.45, 7) is 0.883. The molecule has 0 aromatic rings. The Morgan fingerprint density at radius 2 is 2.00 bits per heavy atom. The third-order valence-electron chi connectivity index (χ3n) is 1.06. The summed E-state index contributed by atoms with van der Waals surface area (Å²) in [5.41, 5.74) is 0. The van der Waals surface area contributed by atoms with Gasteiger partial charge in [-0.05, 0) is 24.3 Å². The Morgan fingerprint density at radius 1 is 1.30 bits per heavy atom. The second-order valence-corrected chi connectivity index (χ2v) is 3.60. The molecule has 0 aromatic carbocycles. The molecule has 0 aromatic heterocycles. The number of alkyl halides is 1. The van der Waals surface area contributed by atoms with Gasteiger partial charge < -0.3 is 4.74 Å². The maximum atomic E-state index is 5.50. The van der Waals surface area contributed by atoms with Crippen molar-refractivity contribution in [3.63, 3.8) is 0 Å². The Balaban J connectivity index is 2.65. The molecule has 0 fully saturated rings. The van der Waals surface area contributed by atoms with E-state index in [-0.39, 0.29) is 0 Å². The molecule has 3 heteroatoms. The summed E-state index contributed by atoms with van der Waals surface area (Å²) >= 11 is 7.46. The summed E-state index contributed by atoms with van der Waals surface area (Å²) in [5, 5.41) is 0. The molecule has 0 amide bonds. The second-order valence-electron chi connectivity index (χ2n) is 2.00. The summed E-state index contributed by atoms with van der Waals surface area (Å²) in [6, 6.07) is 0. The van der Waals surface area contributed by atoms with Crippen molar-refractivity contribution in [3.05, 3.63) is 0 Å². The van der Waals surface area contributed by atoms with Crippen LogP contribution in [0.25, 0.3) is 0 Å². The van der Waals surface area contributed by atoms with Crippen LogP contribution in [0.1, 0.15) is 12.8 Å². The predicted molar refractivity (Wildman–Crippen MR) is 49.2 cm³/mol. The topological polar surface area (TPSA) is 9.23 Å². The molecular formula is C7H15ClOS. The molecule has 0 unspecified atom stereocenters. The van der Waals surface area contributed by atoms with Crippen LogP contribution in [0.5, 0.6) is 0 Å². The van der Waals surface area contributed by atoms with Crippen LogP contribution in [0.15, 0.2) is 0 Å². The highest BCUT2D eigenvalue weighted by Gasteiger charge is 1.88. The van der Waals surface area contributed by atoms with Gasteiger partial charge in [-0.1, -0.05) is 0 Å². The second kappa shape index (κ2) is 9.60. The van der Waals surface area contributed by atoms with Crippen molar-refractivity contribution in [2.75, 3.05) is 31.1 Å². The van der Waals surface area contributed by atoms with E-state index in [4.69, 9.17) is 16.3 Å². The first kappa shape index (κ1) is 10.6. The van der Waals surface area contributed by atoms with Crippen molar-refractivity contribution < 1.29 is 4.74 Å². The molecule has 0 spiro atoms. The summed E-state index contributed by atoms with van der Waals surface area (Å²) in [7, 11) is 1.74. The molecule has 0 radical (unpaired) electrons. The number of hydrogen-bond acceptors (Lipinski definition) is 2. The van der Waals surface area contributed by atoms with Gasteiger partial charge in [-0.25, -0.2) is 0 Å². The molecule has 0 bridgehead atoms. The Bertz CT molecular complexity index is 53.6. The van der Waals surface area contributed by atoms with E-state index in [1.54, 1.807) is 7.11 Å². The van der Waals surface area contributed by atoms with E-state index in [2.05, 4.69) is 0 Å². The Labute approximate surface area is 72.5 Å². The number of ether oxygens (including phenoxy) is 1. The molecule has 0 N–H and O–H groups in total. The van der Waals surface area contributed by atoms with Crippen molar-refractivity contribution in [2.45, 2.75) is 12.8 Å².